The first kappa shape index (κ1) is 23.6. The second-order valence-electron chi connectivity index (χ2n) is 8.09. The number of aromatic nitrogens is 4. The summed E-state index contributed by atoms with van der Waals surface area (Å²) in [5.74, 6) is 0.359. The zero-order valence-electron chi connectivity index (χ0n) is 18.6. The van der Waals surface area contributed by atoms with Crippen LogP contribution in [-0.4, -0.2) is 49.9 Å². The molecule has 1 atom stereocenters. The van der Waals surface area contributed by atoms with Crippen LogP contribution >= 0.6 is 0 Å². The topological polar surface area (TPSA) is 81.1 Å². The number of halogens is 3. The van der Waals surface area contributed by atoms with Gasteiger partial charge in [-0.3, -0.25) is 4.79 Å². The van der Waals surface area contributed by atoms with Crippen molar-refractivity contribution in [2.45, 2.75) is 44.8 Å². The van der Waals surface area contributed by atoms with Gasteiger partial charge in [-0.2, -0.15) is 13.2 Å². The highest BCUT2D eigenvalue weighted by Gasteiger charge is 2.32. The fraction of sp³-hybridized carbons (Fsp3) is 0.375. The van der Waals surface area contributed by atoms with Crippen molar-refractivity contribution in [3.63, 3.8) is 0 Å². The van der Waals surface area contributed by atoms with Crippen molar-refractivity contribution < 1.29 is 22.7 Å². The highest BCUT2D eigenvalue weighted by molar-refractivity contribution is 5.98. The van der Waals surface area contributed by atoms with Crippen molar-refractivity contribution in [1.29, 1.82) is 0 Å². The highest BCUT2D eigenvalue weighted by Crippen LogP contribution is 2.29. The molecule has 0 spiro atoms. The second-order valence-corrected chi connectivity index (χ2v) is 8.09. The summed E-state index contributed by atoms with van der Waals surface area (Å²) in [6.45, 7) is 2.64. The van der Waals surface area contributed by atoms with Gasteiger partial charge in [-0.1, -0.05) is 0 Å². The quantitative estimate of drug-likeness (QED) is 0.517. The van der Waals surface area contributed by atoms with Crippen LogP contribution in [0.2, 0.25) is 0 Å². The van der Waals surface area contributed by atoms with Gasteiger partial charge in [0, 0.05) is 49.4 Å². The fourth-order valence-electron chi connectivity index (χ4n) is 3.98. The van der Waals surface area contributed by atoms with Crippen molar-refractivity contribution >= 4 is 5.91 Å². The van der Waals surface area contributed by atoms with Crippen LogP contribution in [0.5, 0.6) is 5.88 Å². The zero-order chi connectivity index (χ0) is 24.1. The Hall–Kier alpha value is -3.56. The largest absolute Gasteiger partial charge is 0.478 e. The van der Waals surface area contributed by atoms with Gasteiger partial charge < -0.3 is 9.64 Å². The normalized spacial score (nSPS) is 16.4. The number of hydrogen-bond donors (Lipinski definition) is 0. The lowest BCUT2D eigenvalue weighted by atomic mass is 9.98. The van der Waals surface area contributed by atoms with Crippen LogP contribution in [0, 0.1) is 6.92 Å². The summed E-state index contributed by atoms with van der Waals surface area (Å²) in [4.78, 5) is 32.2. The van der Waals surface area contributed by atoms with E-state index in [1.54, 1.807) is 23.4 Å². The average molecular weight is 471 g/mol. The molecule has 178 valence electrons. The third kappa shape index (κ3) is 5.49. The smallest absolute Gasteiger partial charge is 0.417 e. The first-order valence-electron chi connectivity index (χ1n) is 11.0. The molecule has 1 saturated heterocycles. The Bertz CT molecular complexity index is 1120. The van der Waals surface area contributed by atoms with E-state index in [4.69, 9.17) is 4.74 Å². The van der Waals surface area contributed by atoms with E-state index in [9.17, 15) is 18.0 Å². The van der Waals surface area contributed by atoms with Crippen molar-refractivity contribution in [1.82, 2.24) is 24.8 Å². The van der Waals surface area contributed by atoms with Crippen LogP contribution < -0.4 is 4.74 Å². The molecule has 0 aliphatic carbocycles. The monoisotopic (exact) mass is 471 g/mol. The van der Waals surface area contributed by atoms with Gasteiger partial charge >= 0.3 is 6.18 Å². The Morgan fingerprint density at radius 3 is 2.62 bits per heavy atom. The molecule has 1 fully saturated rings. The van der Waals surface area contributed by atoms with Crippen LogP contribution in [0.4, 0.5) is 13.2 Å². The van der Waals surface area contributed by atoms with Crippen molar-refractivity contribution in [2.24, 2.45) is 0 Å². The Kier molecular flexibility index (Phi) is 7.04. The third-order valence-electron chi connectivity index (χ3n) is 5.70. The van der Waals surface area contributed by atoms with Gasteiger partial charge in [0.2, 0.25) is 5.88 Å². The predicted octanol–water partition coefficient (Wildman–Crippen LogP) is 4.72. The molecule has 0 bridgehead atoms. The molecule has 0 N–H and O–H groups in total. The summed E-state index contributed by atoms with van der Waals surface area (Å²) < 4.78 is 43.7. The molecule has 1 aliphatic heterocycles. The summed E-state index contributed by atoms with van der Waals surface area (Å²) in [5.41, 5.74) is 0.773. The van der Waals surface area contributed by atoms with E-state index in [-0.39, 0.29) is 24.4 Å². The number of piperidine rings is 1. The molecular weight excluding hydrogens is 447 g/mol. The molecule has 0 radical (unpaired) electrons. The lowest BCUT2D eigenvalue weighted by Crippen LogP contribution is -2.45. The average Bonchev–Trinajstić information content (AvgIpc) is 2.84. The van der Waals surface area contributed by atoms with E-state index >= 15 is 0 Å². The number of alkyl halides is 3. The minimum absolute atomic E-state index is 0.0810. The lowest BCUT2D eigenvalue weighted by Gasteiger charge is -2.36. The Morgan fingerprint density at radius 1 is 1.12 bits per heavy atom. The SMILES string of the molecule is Cc1ccc(-c2ncccn2)c(C(=O)N2CCCCC2CCOc2ccc(C(F)(F)F)cn2)n1. The molecule has 1 unspecified atom stereocenters. The van der Waals surface area contributed by atoms with Crippen LogP contribution in [0.15, 0.2) is 48.9 Å². The maximum atomic E-state index is 13.6. The summed E-state index contributed by atoms with van der Waals surface area (Å²) in [5, 5.41) is 0. The standard InChI is InChI=1S/C24H24F3N5O2/c1-16-6-8-19(22-28-11-4-12-29-22)21(31-16)23(33)32-13-3-2-5-18(32)10-14-34-20-9-7-17(15-30-20)24(25,26)27/h4,6-9,11-12,15,18H,2-3,5,10,13-14H2,1H3. The van der Waals surface area contributed by atoms with E-state index in [0.29, 0.717) is 35.7 Å². The van der Waals surface area contributed by atoms with E-state index < -0.39 is 11.7 Å². The number of rotatable bonds is 6. The van der Waals surface area contributed by atoms with Crippen molar-refractivity contribution in [3.8, 4) is 17.3 Å². The lowest BCUT2D eigenvalue weighted by molar-refractivity contribution is -0.137. The minimum atomic E-state index is -4.44. The van der Waals surface area contributed by atoms with Gasteiger partial charge in [0.05, 0.1) is 17.7 Å². The zero-order valence-corrected chi connectivity index (χ0v) is 18.6. The fourth-order valence-corrected chi connectivity index (χ4v) is 3.98. The number of pyridine rings is 2. The summed E-state index contributed by atoms with van der Waals surface area (Å²) in [7, 11) is 0. The van der Waals surface area contributed by atoms with Crippen molar-refractivity contribution in [2.75, 3.05) is 13.2 Å². The summed E-state index contributed by atoms with van der Waals surface area (Å²) in [6.07, 6.45) is 2.73. The molecule has 4 heterocycles. The Morgan fingerprint density at radius 2 is 1.91 bits per heavy atom. The van der Waals surface area contributed by atoms with Crippen LogP contribution in [0.25, 0.3) is 11.4 Å². The number of likely N-dealkylation sites (tertiary alicyclic amines) is 1. The summed E-state index contributed by atoms with van der Waals surface area (Å²) >= 11 is 0. The number of aryl methyl sites for hydroxylation is 1. The molecule has 7 nitrogen and oxygen atoms in total. The Balaban J connectivity index is 1.46. The molecule has 1 aliphatic rings. The van der Waals surface area contributed by atoms with E-state index in [1.807, 2.05) is 19.1 Å². The number of nitrogens with zero attached hydrogens (tertiary/aromatic N) is 5. The predicted molar refractivity (Wildman–Crippen MR) is 118 cm³/mol. The van der Waals surface area contributed by atoms with Gasteiger partial charge in [0.1, 0.15) is 5.69 Å². The molecule has 3 aromatic rings. The number of amides is 1. The maximum absolute atomic E-state index is 13.6. The van der Waals surface area contributed by atoms with Gasteiger partial charge in [0.15, 0.2) is 5.82 Å². The summed E-state index contributed by atoms with van der Waals surface area (Å²) in [6, 6.07) is 7.40. The first-order chi connectivity index (χ1) is 16.3. The van der Waals surface area contributed by atoms with Gasteiger partial charge in [-0.25, -0.2) is 19.9 Å². The van der Waals surface area contributed by atoms with E-state index in [0.717, 1.165) is 31.5 Å². The molecule has 4 rings (SSSR count). The number of carbonyl (C=O) groups is 1. The van der Waals surface area contributed by atoms with Gasteiger partial charge in [0.25, 0.3) is 5.91 Å². The second kappa shape index (κ2) is 10.1. The van der Waals surface area contributed by atoms with Crippen molar-refractivity contribution in [3.05, 3.63) is 65.9 Å². The molecule has 34 heavy (non-hydrogen) atoms. The number of ether oxygens (including phenoxy) is 1. The number of carbonyl (C=O) groups excluding carboxylic acids is 1. The van der Waals surface area contributed by atoms with Crippen LogP contribution in [-0.2, 0) is 6.18 Å². The molecule has 3 aromatic heterocycles. The number of hydrogen-bond acceptors (Lipinski definition) is 6. The Labute approximate surface area is 195 Å². The molecule has 0 saturated carbocycles. The van der Waals surface area contributed by atoms with E-state index in [2.05, 4.69) is 19.9 Å². The molecule has 1 amide bonds. The highest BCUT2D eigenvalue weighted by atomic mass is 19.4. The maximum Gasteiger partial charge on any atom is 0.417 e. The molecule has 10 heteroatoms. The van der Waals surface area contributed by atoms with Crippen LogP contribution in [0.3, 0.4) is 0 Å². The van der Waals surface area contributed by atoms with E-state index in [1.165, 1.54) is 6.07 Å². The molecule has 0 aromatic carbocycles. The minimum Gasteiger partial charge on any atom is -0.478 e. The first-order valence-corrected chi connectivity index (χ1v) is 11.0. The van der Waals surface area contributed by atoms with Gasteiger partial charge in [-0.15, -0.1) is 0 Å². The molecular formula is C24H24F3N5O2. The van der Waals surface area contributed by atoms with Gasteiger partial charge in [-0.05, 0) is 50.5 Å². The van der Waals surface area contributed by atoms with Crippen LogP contribution in [0.1, 0.15) is 47.4 Å². The third-order valence-corrected chi connectivity index (χ3v) is 5.70.